The zero-order valence-corrected chi connectivity index (χ0v) is 17.9. The summed E-state index contributed by atoms with van der Waals surface area (Å²) in [6, 6.07) is 6.80. The third-order valence-corrected chi connectivity index (χ3v) is 8.25. The van der Waals surface area contributed by atoms with Gasteiger partial charge in [-0.2, -0.15) is 4.31 Å². The summed E-state index contributed by atoms with van der Waals surface area (Å²) < 4.78 is 33.0. The van der Waals surface area contributed by atoms with E-state index in [0.717, 1.165) is 12.8 Å². The molecule has 7 nitrogen and oxygen atoms in total. The largest absolute Gasteiger partial charge is 0.379 e. The van der Waals surface area contributed by atoms with Crippen molar-refractivity contribution in [3.63, 3.8) is 0 Å². The topological polar surface area (TPSA) is 75.7 Å². The highest BCUT2D eigenvalue weighted by Crippen LogP contribution is 2.29. The summed E-state index contributed by atoms with van der Waals surface area (Å²) in [5, 5.41) is 2.92. The second kappa shape index (κ2) is 8.49. The number of likely N-dealkylation sites (N-methyl/N-ethyl adjacent to an activating group) is 1. The van der Waals surface area contributed by atoms with Crippen molar-refractivity contribution in [2.45, 2.75) is 49.6 Å². The summed E-state index contributed by atoms with van der Waals surface area (Å²) in [5.74, 6) is -0.0854. The average molecular weight is 411 g/mol. The fourth-order valence-corrected chi connectivity index (χ4v) is 5.56. The average Bonchev–Trinajstić information content (AvgIpc) is 3.24. The van der Waals surface area contributed by atoms with Crippen molar-refractivity contribution in [3.05, 3.63) is 24.3 Å². The number of nitrogens with one attached hydrogen (secondary N) is 1. The molecule has 1 atom stereocenters. The molecule has 1 saturated heterocycles. The Morgan fingerprint density at radius 2 is 1.86 bits per heavy atom. The standard InChI is InChI=1S/C20H31N3O4S/c1-16(23(2,3)18-8-4-5-9-18)20(24)21-17-7-6-10-19(15-17)28(25,26)22-11-13-27-14-12-22/h6-7,10,15-16,18H,4-5,8-9,11-14H2,1-3H3/p+1/t16-/m0/s1. The maximum Gasteiger partial charge on any atom is 0.282 e. The van der Waals surface area contributed by atoms with Gasteiger partial charge in [-0.3, -0.25) is 4.79 Å². The first-order valence-electron chi connectivity index (χ1n) is 10.0. The smallest absolute Gasteiger partial charge is 0.282 e. The Morgan fingerprint density at radius 1 is 1.21 bits per heavy atom. The van der Waals surface area contributed by atoms with Crippen molar-refractivity contribution >= 4 is 21.6 Å². The van der Waals surface area contributed by atoms with Crippen LogP contribution in [0.5, 0.6) is 0 Å². The number of nitrogens with zero attached hydrogens (tertiary/aromatic N) is 2. The Bertz CT molecular complexity index is 797. The normalized spacial score (nSPS) is 20.8. The molecule has 2 fully saturated rings. The Morgan fingerprint density at radius 3 is 2.50 bits per heavy atom. The second-order valence-corrected chi connectivity index (χ2v) is 10.2. The minimum atomic E-state index is -3.58. The number of carbonyl (C=O) groups is 1. The molecule has 156 valence electrons. The molecule has 1 aromatic carbocycles. The van der Waals surface area contributed by atoms with Crippen molar-refractivity contribution in [1.82, 2.24) is 4.31 Å². The SMILES string of the molecule is C[C@@H](C(=O)Nc1cccc(S(=O)(=O)N2CCOCC2)c1)[N+](C)(C)C1CCCC1. The first kappa shape index (κ1) is 21.2. The number of benzene rings is 1. The number of quaternary nitrogens is 1. The number of amides is 1. The van der Waals surface area contributed by atoms with E-state index in [1.54, 1.807) is 24.3 Å². The van der Waals surface area contributed by atoms with Crippen LogP contribution in [0.2, 0.25) is 0 Å². The monoisotopic (exact) mass is 410 g/mol. The van der Waals surface area contributed by atoms with Gasteiger partial charge in [-0.05, 0) is 50.8 Å². The van der Waals surface area contributed by atoms with Crippen LogP contribution in [0.15, 0.2) is 29.2 Å². The molecule has 1 amide bonds. The first-order chi connectivity index (χ1) is 13.2. The van der Waals surface area contributed by atoms with Gasteiger partial charge < -0.3 is 14.5 Å². The molecule has 1 aliphatic carbocycles. The number of carbonyl (C=O) groups excluding carboxylic acids is 1. The predicted molar refractivity (Wildman–Crippen MR) is 108 cm³/mol. The van der Waals surface area contributed by atoms with E-state index in [-0.39, 0.29) is 16.8 Å². The number of hydrogen-bond donors (Lipinski definition) is 1. The lowest BCUT2D eigenvalue weighted by atomic mass is 10.1. The van der Waals surface area contributed by atoms with Crippen LogP contribution in [0, 0.1) is 0 Å². The van der Waals surface area contributed by atoms with Gasteiger partial charge in [0.2, 0.25) is 10.0 Å². The molecule has 3 rings (SSSR count). The lowest BCUT2D eigenvalue weighted by Crippen LogP contribution is -2.58. The van der Waals surface area contributed by atoms with Crippen molar-refractivity contribution in [2.24, 2.45) is 0 Å². The summed E-state index contributed by atoms with van der Waals surface area (Å²) in [6.45, 7) is 3.46. The Hall–Kier alpha value is -1.48. The van der Waals surface area contributed by atoms with Gasteiger partial charge in [0.1, 0.15) is 0 Å². The van der Waals surface area contributed by atoms with E-state index in [1.807, 2.05) is 6.92 Å². The molecule has 28 heavy (non-hydrogen) atoms. The number of morpholine rings is 1. The van der Waals surface area contributed by atoms with Crippen LogP contribution < -0.4 is 5.32 Å². The van der Waals surface area contributed by atoms with Gasteiger partial charge in [0.25, 0.3) is 5.91 Å². The van der Waals surface area contributed by atoms with Gasteiger partial charge in [-0.25, -0.2) is 8.42 Å². The third kappa shape index (κ3) is 4.40. The maximum absolute atomic E-state index is 12.9. The summed E-state index contributed by atoms with van der Waals surface area (Å²) >= 11 is 0. The van der Waals surface area contributed by atoms with Gasteiger partial charge in [0, 0.05) is 18.8 Å². The van der Waals surface area contributed by atoms with Crippen molar-refractivity contribution in [1.29, 1.82) is 0 Å². The van der Waals surface area contributed by atoms with Gasteiger partial charge in [-0.1, -0.05) is 6.07 Å². The Balaban J connectivity index is 1.72. The van der Waals surface area contributed by atoms with E-state index in [9.17, 15) is 13.2 Å². The summed E-state index contributed by atoms with van der Waals surface area (Å²) in [4.78, 5) is 13.1. The molecule has 1 N–H and O–H groups in total. The lowest BCUT2D eigenvalue weighted by Gasteiger charge is -2.40. The van der Waals surface area contributed by atoms with Crippen LogP contribution in [-0.4, -0.2) is 75.6 Å². The van der Waals surface area contributed by atoms with Gasteiger partial charge in [0.05, 0.1) is 38.2 Å². The Kier molecular flexibility index (Phi) is 6.44. The molecule has 1 saturated carbocycles. The second-order valence-electron chi connectivity index (χ2n) is 8.28. The number of anilines is 1. The highest BCUT2D eigenvalue weighted by Gasteiger charge is 2.39. The molecule has 1 aliphatic heterocycles. The molecule has 1 aromatic rings. The summed E-state index contributed by atoms with van der Waals surface area (Å²) in [6.07, 6.45) is 4.75. The van der Waals surface area contributed by atoms with E-state index in [2.05, 4.69) is 19.4 Å². The van der Waals surface area contributed by atoms with Gasteiger partial charge in [0.15, 0.2) is 6.04 Å². The maximum atomic E-state index is 12.9. The highest BCUT2D eigenvalue weighted by molar-refractivity contribution is 7.89. The van der Waals surface area contributed by atoms with E-state index in [4.69, 9.17) is 4.74 Å². The van der Waals surface area contributed by atoms with E-state index in [0.29, 0.717) is 42.5 Å². The van der Waals surface area contributed by atoms with Crippen LogP contribution in [-0.2, 0) is 19.6 Å². The molecule has 0 bridgehead atoms. The quantitative estimate of drug-likeness (QED) is 0.729. The Labute approximate surface area is 168 Å². The third-order valence-electron chi connectivity index (χ3n) is 6.35. The zero-order chi connectivity index (χ0) is 20.4. The van der Waals surface area contributed by atoms with Crippen molar-refractivity contribution < 1.29 is 22.4 Å². The molecule has 8 heteroatoms. The minimum Gasteiger partial charge on any atom is -0.379 e. The van der Waals surface area contributed by atoms with E-state index >= 15 is 0 Å². The predicted octanol–water partition coefficient (Wildman–Crippen LogP) is 2.05. The molecule has 0 radical (unpaired) electrons. The summed E-state index contributed by atoms with van der Waals surface area (Å²) in [7, 11) is 0.637. The fraction of sp³-hybridized carbons (Fsp3) is 0.650. The van der Waals surface area contributed by atoms with Crippen LogP contribution in [0.4, 0.5) is 5.69 Å². The molecular weight excluding hydrogens is 378 g/mol. The number of sulfonamides is 1. The minimum absolute atomic E-state index is 0.0854. The molecule has 1 heterocycles. The van der Waals surface area contributed by atoms with Crippen molar-refractivity contribution in [3.8, 4) is 0 Å². The molecule has 0 spiro atoms. The fourth-order valence-electron chi connectivity index (χ4n) is 4.11. The highest BCUT2D eigenvalue weighted by atomic mass is 32.2. The summed E-state index contributed by atoms with van der Waals surface area (Å²) in [5.41, 5.74) is 0.512. The molecular formula is C20H32N3O4S+. The van der Waals surface area contributed by atoms with Crippen molar-refractivity contribution in [2.75, 3.05) is 45.7 Å². The lowest BCUT2D eigenvalue weighted by molar-refractivity contribution is -0.927. The number of ether oxygens (including phenoxy) is 1. The molecule has 0 unspecified atom stereocenters. The molecule has 2 aliphatic rings. The first-order valence-corrected chi connectivity index (χ1v) is 11.5. The van der Waals surface area contributed by atoms with Crippen LogP contribution in [0.1, 0.15) is 32.6 Å². The number of hydrogen-bond acceptors (Lipinski definition) is 4. The number of rotatable bonds is 6. The van der Waals surface area contributed by atoms with Gasteiger partial charge >= 0.3 is 0 Å². The van der Waals surface area contributed by atoms with E-state index < -0.39 is 10.0 Å². The van der Waals surface area contributed by atoms with Gasteiger partial charge in [-0.15, -0.1) is 0 Å². The van der Waals surface area contributed by atoms with Crippen LogP contribution in [0.25, 0.3) is 0 Å². The van der Waals surface area contributed by atoms with E-state index in [1.165, 1.54) is 17.1 Å². The zero-order valence-electron chi connectivity index (χ0n) is 17.1. The van der Waals surface area contributed by atoms with Crippen LogP contribution >= 0.6 is 0 Å². The molecule has 0 aromatic heterocycles. The van der Waals surface area contributed by atoms with Crippen LogP contribution in [0.3, 0.4) is 0 Å².